The summed E-state index contributed by atoms with van der Waals surface area (Å²) in [7, 11) is 0. The van der Waals surface area contributed by atoms with Gasteiger partial charge in [0.2, 0.25) is 5.88 Å². The Morgan fingerprint density at radius 3 is 2.92 bits per heavy atom. The minimum atomic E-state index is -0.0262. The molecule has 8 nitrogen and oxygen atoms in total. The fraction of sp³-hybridized carbons (Fsp3) is 0.235. The van der Waals surface area contributed by atoms with Gasteiger partial charge >= 0.3 is 0 Å². The van der Waals surface area contributed by atoms with Crippen LogP contribution in [0.4, 0.5) is 0 Å². The van der Waals surface area contributed by atoms with Crippen molar-refractivity contribution in [1.29, 1.82) is 0 Å². The summed E-state index contributed by atoms with van der Waals surface area (Å²) in [5.41, 5.74) is 3.47. The van der Waals surface area contributed by atoms with Crippen LogP contribution in [0.1, 0.15) is 24.6 Å². The Morgan fingerprint density at radius 1 is 1.16 bits per heavy atom. The average molecular weight is 335 g/mol. The van der Waals surface area contributed by atoms with Crippen molar-refractivity contribution in [2.45, 2.75) is 26.3 Å². The summed E-state index contributed by atoms with van der Waals surface area (Å²) in [5, 5.41) is 13.8. The van der Waals surface area contributed by atoms with Crippen molar-refractivity contribution in [3.63, 3.8) is 0 Å². The van der Waals surface area contributed by atoms with Gasteiger partial charge in [0.15, 0.2) is 11.5 Å². The van der Waals surface area contributed by atoms with E-state index in [-0.39, 0.29) is 5.88 Å². The van der Waals surface area contributed by atoms with E-state index >= 15 is 0 Å². The molecule has 0 spiro atoms. The van der Waals surface area contributed by atoms with Crippen LogP contribution in [0.2, 0.25) is 0 Å². The van der Waals surface area contributed by atoms with Crippen LogP contribution in [0, 0.1) is 0 Å². The van der Waals surface area contributed by atoms with Gasteiger partial charge in [-0.15, -0.1) is 0 Å². The van der Waals surface area contributed by atoms with Crippen molar-refractivity contribution in [3.8, 4) is 17.4 Å². The van der Waals surface area contributed by atoms with Crippen LogP contribution in [-0.4, -0.2) is 39.2 Å². The molecule has 0 saturated heterocycles. The number of fused-ring (bicyclic) bond motifs is 1. The first kappa shape index (κ1) is 15.3. The molecule has 0 aliphatic carbocycles. The predicted molar refractivity (Wildman–Crippen MR) is 91.0 cm³/mol. The van der Waals surface area contributed by atoms with E-state index in [1.54, 1.807) is 29.4 Å². The lowest BCUT2D eigenvalue weighted by Gasteiger charge is -2.11. The van der Waals surface area contributed by atoms with E-state index < -0.39 is 0 Å². The van der Waals surface area contributed by atoms with Crippen molar-refractivity contribution in [1.82, 2.24) is 34.1 Å². The van der Waals surface area contributed by atoms with E-state index in [4.69, 9.17) is 0 Å². The molecular formula is C17H17N7O. The summed E-state index contributed by atoms with van der Waals surface area (Å²) in [6.07, 6.45) is 8.69. The molecule has 0 aromatic carbocycles. The molecule has 126 valence electrons. The molecule has 0 amide bonds. The van der Waals surface area contributed by atoms with Crippen LogP contribution in [0.5, 0.6) is 5.88 Å². The highest BCUT2D eigenvalue weighted by Gasteiger charge is 2.14. The summed E-state index contributed by atoms with van der Waals surface area (Å²) >= 11 is 0. The fourth-order valence-electron chi connectivity index (χ4n) is 2.90. The van der Waals surface area contributed by atoms with E-state index in [9.17, 15) is 5.11 Å². The molecule has 0 saturated carbocycles. The molecule has 0 unspecified atom stereocenters. The standard InChI is InChI=1S/C17H17N7O/c1-2-4-12-14(20-11-24-16(12)19-10-21-24)9-23-8-7-18-17(23)13-5-3-6-15(25)22-13/h3,5-8,10-11H,2,4,9H2,1H3,(H,22,25). The van der Waals surface area contributed by atoms with Gasteiger partial charge in [0.1, 0.15) is 18.3 Å². The number of imidazole rings is 1. The number of hydrogen-bond acceptors (Lipinski definition) is 6. The monoisotopic (exact) mass is 335 g/mol. The van der Waals surface area contributed by atoms with Crippen molar-refractivity contribution in [2.24, 2.45) is 0 Å². The minimum absolute atomic E-state index is 0.0262. The molecule has 0 radical (unpaired) electrons. The number of aromatic nitrogens is 7. The number of nitrogens with zero attached hydrogens (tertiary/aromatic N) is 7. The zero-order valence-electron chi connectivity index (χ0n) is 13.7. The van der Waals surface area contributed by atoms with E-state index in [2.05, 4.69) is 32.0 Å². The van der Waals surface area contributed by atoms with Gasteiger partial charge in [0.05, 0.1) is 12.2 Å². The van der Waals surface area contributed by atoms with Gasteiger partial charge in [-0.05, 0) is 12.5 Å². The maximum atomic E-state index is 9.62. The van der Waals surface area contributed by atoms with Crippen LogP contribution < -0.4 is 0 Å². The smallest absolute Gasteiger partial charge is 0.211 e. The molecule has 8 heteroatoms. The lowest BCUT2D eigenvalue weighted by molar-refractivity contribution is 0.454. The molecular weight excluding hydrogens is 318 g/mol. The maximum Gasteiger partial charge on any atom is 0.211 e. The Labute approximate surface area is 143 Å². The SMILES string of the molecule is CCCc1c(Cn2ccnc2-c2cccc(O)n2)ncn2ncnc12. The highest BCUT2D eigenvalue weighted by molar-refractivity contribution is 5.52. The minimum Gasteiger partial charge on any atom is -0.493 e. The zero-order valence-corrected chi connectivity index (χ0v) is 13.7. The lowest BCUT2D eigenvalue weighted by atomic mass is 10.1. The molecule has 4 aromatic rings. The summed E-state index contributed by atoms with van der Waals surface area (Å²) < 4.78 is 3.66. The summed E-state index contributed by atoms with van der Waals surface area (Å²) in [6.45, 7) is 2.67. The van der Waals surface area contributed by atoms with E-state index in [0.29, 0.717) is 18.1 Å². The van der Waals surface area contributed by atoms with Crippen LogP contribution >= 0.6 is 0 Å². The van der Waals surface area contributed by atoms with Gasteiger partial charge in [-0.2, -0.15) is 5.10 Å². The number of pyridine rings is 1. The third-order valence-electron chi connectivity index (χ3n) is 4.01. The van der Waals surface area contributed by atoms with E-state index in [1.165, 1.54) is 6.07 Å². The number of rotatable bonds is 5. The topological polar surface area (TPSA) is 94.0 Å². The predicted octanol–water partition coefficient (Wildman–Crippen LogP) is 2.09. The zero-order chi connectivity index (χ0) is 17.2. The number of aryl methyl sites for hydroxylation is 1. The first-order valence-electron chi connectivity index (χ1n) is 8.10. The molecule has 4 rings (SSSR count). The molecule has 0 bridgehead atoms. The normalized spacial score (nSPS) is 11.2. The van der Waals surface area contributed by atoms with Gasteiger partial charge < -0.3 is 9.67 Å². The highest BCUT2D eigenvalue weighted by Crippen LogP contribution is 2.21. The first-order valence-corrected chi connectivity index (χ1v) is 8.10. The molecule has 0 aliphatic heterocycles. The molecule has 4 heterocycles. The van der Waals surface area contributed by atoms with Crippen LogP contribution in [0.3, 0.4) is 0 Å². The Morgan fingerprint density at radius 2 is 2.08 bits per heavy atom. The molecule has 1 N–H and O–H groups in total. The molecule has 0 aliphatic rings. The first-order chi connectivity index (χ1) is 12.3. The van der Waals surface area contributed by atoms with Crippen molar-refractivity contribution < 1.29 is 5.11 Å². The van der Waals surface area contributed by atoms with Gasteiger partial charge in [0.25, 0.3) is 0 Å². The summed E-state index contributed by atoms with van der Waals surface area (Å²) in [4.78, 5) is 17.5. The fourth-order valence-corrected chi connectivity index (χ4v) is 2.90. The molecule has 25 heavy (non-hydrogen) atoms. The highest BCUT2D eigenvalue weighted by atomic mass is 16.3. The Kier molecular flexibility index (Phi) is 3.85. The van der Waals surface area contributed by atoms with Gasteiger partial charge in [-0.3, -0.25) is 0 Å². The van der Waals surface area contributed by atoms with Crippen LogP contribution in [0.15, 0.2) is 43.2 Å². The Bertz CT molecular complexity index is 1020. The second kappa shape index (κ2) is 6.31. The second-order valence-corrected chi connectivity index (χ2v) is 5.71. The third kappa shape index (κ3) is 2.82. The van der Waals surface area contributed by atoms with Gasteiger partial charge in [-0.1, -0.05) is 19.4 Å². The van der Waals surface area contributed by atoms with E-state index in [0.717, 1.165) is 29.7 Å². The number of aromatic hydroxyl groups is 1. The third-order valence-corrected chi connectivity index (χ3v) is 4.01. The number of hydrogen-bond donors (Lipinski definition) is 1. The van der Waals surface area contributed by atoms with Crippen molar-refractivity contribution >= 4 is 5.65 Å². The molecule has 4 aromatic heterocycles. The van der Waals surface area contributed by atoms with Crippen molar-refractivity contribution in [3.05, 3.63) is 54.5 Å². The molecule has 0 fully saturated rings. The van der Waals surface area contributed by atoms with Crippen molar-refractivity contribution in [2.75, 3.05) is 0 Å². The Hall–Kier alpha value is -3.29. The Balaban J connectivity index is 1.75. The largest absolute Gasteiger partial charge is 0.493 e. The van der Waals surface area contributed by atoms with Crippen LogP contribution in [0.25, 0.3) is 17.2 Å². The van der Waals surface area contributed by atoms with E-state index in [1.807, 2.05) is 16.8 Å². The summed E-state index contributed by atoms with van der Waals surface area (Å²) in [5.74, 6) is 0.656. The average Bonchev–Trinajstić information content (AvgIpc) is 3.26. The van der Waals surface area contributed by atoms with Gasteiger partial charge in [-0.25, -0.2) is 24.5 Å². The second-order valence-electron chi connectivity index (χ2n) is 5.71. The van der Waals surface area contributed by atoms with Crippen LogP contribution in [-0.2, 0) is 13.0 Å². The molecule has 0 atom stereocenters. The van der Waals surface area contributed by atoms with Gasteiger partial charge in [0, 0.05) is 24.0 Å². The quantitative estimate of drug-likeness (QED) is 0.600. The lowest BCUT2D eigenvalue weighted by Crippen LogP contribution is -2.09. The maximum absolute atomic E-state index is 9.62. The summed E-state index contributed by atoms with van der Waals surface area (Å²) in [6, 6.07) is 5.11.